The largest absolute Gasteiger partial charge is 0.335 e. The van der Waals surface area contributed by atoms with Crippen molar-refractivity contribution in [1.82, 2.24) is 20.3 Å². The van der Waals surface area contributed by atoms with Gasteiger partial charge in [-0.15, -0.1) is 5.10 Å². The SMILES string of the molecule is CCn1cc(NC(=O)N[C@@H](C)Cc2ccsc2)nn1. The molecule has 2 amide bonds. The van der Waals surface area contributed by atoms with E-state index in [-0.39, 0.29) is 12.1 Å². The lowest BCUT2D eigenvalue weighted by molar-refractivity contribution is 0.249. The molecule has 0 fully saturated rings. The zero-order valence-electron chi connectivity index (χ0n) is 11.0. The van der Waals surface area contributed by atoms with Crippen molar-refractivity contribution in [3.05, 3.63) is 28.6 Å². The fourth-order valence-corrected chi connectivity index (χ4v) is 2.38. The van der Waals surface area contributed by atoms with Gasteiger partial charge in [-0.25, -0.2) is 4.79 Å². The van der Waals surface area contributed by atoms with E-state index < -0.39 is 0 Å². The van der Waals surface area contributed by atoms with Gasteiger partial charge in [0.25, 0.3) is 0 Å². The van der Waals surface area contributed by atoms with Gasteiger partial charge in [0.15, 0.2) is 5.82 Å². The Labute approximate surface area is 115 Å². The Kier molecular flexibility index (Phi) is 4.51. The zero-order chi connectivity index (χ0) is 13.7. The molecule has 0 aliphatic carbocycles. The van der Waals surface area contributed by atoms with E-state index in [9.17, 15) is 4.79 Å². The van der Waals surface area contributed by atoms with Crippen LogP contribution in [0.15, 0.2) is 23.0 Å². The molecule has 0 radical (unpaired) electrons. The first-order valence-electron chi connectivity index (χ1n) is 6.16. The quantitative estimate of drug-likeness (QED) is 0.880. The van der Waals surface area contributed by atoms with Crippen LogP contribution < -0.4 is 10.6 Å². The molecule has 19 heavy (non-hydrogen) atoms. The molecule has 2 N–H and O–H groups in total. The van der Waals surface area contributed by atoms with Crippen LogP contribution in [0.4, 0.5) is 10.6 Å². The minimum atomic E-state index is -0.258. The van der Waals surface area contributed by atoms with Crippen molar-refractivity contribution in [2.45, 2.75) is 32.9 Å². The fourth-order valence-electron chi connectivity index (χ4n) is 1.70. The van der Waals surface area contributed by atoms with Gasteiger partial charge >= 0.3 is 6.03 Å². The summed E-state index contributed by atoms with van der Waals surface area (Å²) in [5, 5.41) is 17.4. The molecule has 0 aromatic carbocycles. The Morgan fingerprint density at radius 2 is 2.42 bits per heavy atom. The van der Waals surface area contributed by atoms with Crippen molar-refractivity contribution in [3.63, 3.8) is 0 Å². The Balaban J connectivity index is 1.80. The van der Waals surface area contributed by atoms with Crippen molar-refractivity contribution < 1.29 is 4.79 Å². The lowest BCUT2D eigenvalue weighted by atomic mass is 10.1. The summed E-state index contributed by atoms with van der Waals surface area (Å²) in [6, 6.07) is 1.87. The molecular formula is C12H17N5OS. The Hall–Kier alpha value is -1.89. The third kappa shape index (κ3) is 4.06. The number of aromatic nitrogens is 3. The predicted molar refractivity (Wildman–Crippen MR) is 75.3 cm³/mol. The van der Waals surface area contributed by atoms with Crippen LogP contribution in [0.25, 0.3) is 0 Å². The van der Waals surface area contributed by atoms with Crippen LogP contribution in [0.2, 0.25) is 0 Å². The molecule has 2 rings (SSSR count). The van der Waals surface area contributed by atoms with Gasteiger partial charge in [-0.05, 0) is 42.7 Å². The van der Waals surface area contributed by atoms with Crippen molar-refractivity contribution in [2.75, 3.05) is 5.32 Å². The highest BCUT2D eigenvalue weighted by molar-refractivity contribution is 7.07. The minimum Gasteiger partial charge on any atom is -0.335 e. The summed E-state index contributed by atoms with van der Waals surface area (Å²) in [5.74, 6) is 0.460. The Morgan fingerprint density at radius 1 is 1.58 bits per heavy atom. The number of anilines is 1. The zero-order valence-corrected chi connectivity index (χ0v) is 11.8. The van der Waals surface area contributed by atoms with Crippen LogP contribution in [0.1, 0.15) is 19.4 Å². The maximum Gasteiger partial charge on any atom is 0.320 e. The highest BCUT2D eigenvalue weighted by Crippen LogP contribution is 2.08. The summed E-state index contributed by atoms with van der Waals surface area (Å²) < 4.78 is 1.66. The maximum atomic E-state index is 11.8. The molecule has 0 saturated carbocycles. The van der Waals surface area contributed by atoms with Crippen LogP contribution in [0.5, 0.6) is 0 Å². The number of aryl methyl sites for hydroxylation is 1. The van der Waals surface area contributed by atoms with E-state index in [0.717, 1.165) is 13.0 Å². The predicted octanol–water partition coefficient (Wildman–Crippen LogP) is 2.11. The second-order valence-electron chi connectivity index (χ2n) is 4.29. The number of urea groups is 1. The first kappa shape index (κ1) is 13.5. The monoisotopic (exact) mass is 279 g/mol. The molecule has 2 heterocycles. The molecule has 2 aromatic rings. The number of hydrogen-bond donors (Lipinski definition) is 2. The van der Waals surface area contributed by atoms with Gasteiger partial charge in [0, 0.05) is 12.6 Å². The summed E-state index contributed by atoms with van der Waals surface area (Å²) in [6.07, 6.45) is 2.52. The molecule has 0 aliphatic rings. The first-order valence-corrected chi connectivity index (χ1v) is 7.10. The summed E-state index contributed by atoms with van der Waals surface area (Å²) in [7, 11) is 0. The third-order valence-corrected chi connectivity index (χ3v) is 3.34. The van der Waals surface area contributed by atoms with Crippen molar-refractivity contribution in [1.29, 1.82) is 0 Å². The molecule has 1 atom stereocenters. The molecule has 6 nitrogen and oxygen atoms in total. The summed E-state index contributed by atoms with van der Waals surface area (Å²) in [5.41, 5.74) is 1.23. The Bertz CT molecular complexity index is 522. The standard InChI is InChI=1S/C12H17N5OS/c1-3-17-7-11(15-16-17)14-12(18)13-9(2)6-10-4-5-19-8-10/h4-5,7-9H,3,6H2,1-2H3,(H2,13,14,18)/t9-/m0/s1. The van der Waals surface area contributed by atoms with Gasteiger partial charge in [-0.1, -0.05) is 5.21 Å². The number of nitrogens with one attached hydrogen (secondary N) is 2. The molecule has 2 aromatic heterocycles. The Morgan fingerprint density at radius 3 is 3.05 bits per heavy atom. The summed E-state index contributed by atoms with van der Waals surface area (Å²) >= 11 is 1.66. The van der Waals surface area contributed by atoms with Gasteiger partial charge in [-0.3, -0.25) is 10.00 Å². The highest BCUT2D eigenvalue weighted by Gasteiger charge is 2.10. The van der Waals surface area contributed by atoms with Crippen LogP contribution in [0, 0.1) is 0 Å². The van der Waals surface area contributed by atoms with Crippen LogP contribution >= 0.6 is 11.3 Å². The molecule has 0 saturated heterocycles. The van der Waals surface area contributed by atoms with E-state index in [1.165, 1.54) is 5.56 Å². The average molecular weight is 279 g/mol. The second kappa shape index (κ2) is 6.33. The third-order valence-electron chi connectivity index (χ3n) is 2.60. The molecule has 0 bridgehead atoms. The summed E-state index contributed by atoms with van der Waals surface area (Å²) in [6.45, 7) is 4.66. The van der Waals surface area contributed by atoms with Crippen molar-refractivity contribution in [3.8, 4) is 0 Å². The van der Waals surface area contributed by atoms with Gasteiger partial charge in [0.05, 0.1) is 6.20 Å². The van der Waals surface area contributed by atoms with Gasteiger partial charge in [0.1, 0.15) is 0 Å². The molecule has 7 heteroatoms. The average Bonchev–Trinajstić information content (AvgIpc) is 3.00. The van der Waals surface area contributed by atoms with E-state index in [1.54, 1.807) is 22.2 Å². The normalized spacial score (nSPS) is 12.1. The van der Waals surface area contributed by atoms with E-state index in [4.69, 9.17) is 0 Å². The van der Waals surface area contributed by atoms with Gasteiger partial charge in [-0.2, -0.15) is 11.3 Å². The topological polar surface area (TPSA) is 71.8 Å². The number of carbonyl (C=O) groups is 1. The van der Waals surface area contributed by atoms with E-state index in [2.05, 4.69) is 32.4 Å². The number of hydrogen-bond acceptors (Lipinski definition) is 4. The minimum absolute atomic E-state index is 0.0656. The van der Waals surface area contributed by atoms with Crippen LogP contribution in [-0.2, 0) is 13.0 Å². The second-order valence-corrected chi connectivity index (χ2v) is 5.07. The molecule has 0 aliphatic heterocycles. The van der Waals surface area contributed by atoms with Crippen LogP contribution in [-0.4, -0.2) is 27.1 Å². The number of thiophene rings is 1. The van der Waals surface area contributed by atoms with Gasteiger partial charge < -0.3 is 5.32 Å². The molecule has 0 spiro atoms. The summed E-state index contributed by atoms with van der Waals surface area (Å²) in [4.78, 5) is 11.8. The van der Waals surface area contributed by atoms with Crippen molar-refractivity contribution in [2.24, 2.45) is 0 Å². The molecular weight excluding hydrogens is 262 g/mol. The fraction of sp³-hybridized carbons (Fsp3) is 0.417. The smallest absolute Gasteiger partial charge is 0.320 e. The van der Waals surface area contributed by atoms with E-state index in [0.29, 0.717) is 5.82 Å². The number of carbonyl (C=O) groups excluding carboxylic acids is 1. The maximum absolute atomic E-state index is 11.8. The molecule has 102 valence electrons. The number of nitrogens with zero attached hydrogens (tertiary/aromatic N) is 3. The highest BCUT2D eigenvalue weighted by atomic mass is 32.1. The van der Waals surface area contributed by atoms with E-state index in [1.807, 2.05) is 19.2 Å². The van der Waals surface area contributed by atoms with E-state index >= 15 is 0 Å². The lowest BCUT2D eigenvalue weighted by Gasteiger charge is -2.12. The lowest BCUT2D eigenvalue weighted by Crippen LogP contribution is -2.37. The van der Waals surface area contributed by atoms with Crippen LogP contribution in [0.3, 0.4) is 0 Å². The number of rotatable bonds is 5. The van der Waals surface area contributed by atoms with Gasteiger partial charge in [0.2, 0.25) is 0 Å². The number of amides is 2. The van der Waals surface area contributed by atoms with Crippen molar-refractivity contribution >= 4 is 23.2 Å². The molecule has 0 unspecified atom stereocenters. The first-order chi connectivity index (χ1) is 9.17.